The molecule has 2 nitrogen and oxygen atoms in total. The van der Waals surface area contributed by atoms with E-state index in [1.165, 1.54) is 109 Å². The first-order valence-electron chi connectivity index (χ1n) is 11.0. The van der Waals surface area contributed by atoms with Gasteiger partial charge in [-0.1, -0.05) is 122 Å². The summed E-state index contributed by atoms with van der Waals surface area (Å²) >= 11 is 0. The Labute approximate surface area is 187 Å². The molecule has 0 unspecified atom stereocenters. The molecule has 0 fully saturated rings. The minimum Gasteiger partial charge on any atom is -0.550 e. The molecule has 0 aliphatic rings. The van der Waals surface area contributed by atoms with Gasteiger partial charge < -0.3 is 9.90 Å². The predicted molar refractivity (Wildman–Crippen MR) is 109 cm³/mol. The van der Waals surface area contributed by atoms with Gasteiger partial charge in [-0.25, -0.2) is 0 Å². The molecule has 0 aromatic heterocycles. The van der Waals surface area contributed by atoms with Gasteiger partial charge in [-0.05, 0) is 12.8 Å². The SMILES string of the molecule is CCCCCCCCCCCCCCCCCCCCCC(=O)[O-].[Ca+2]. The Hall–Kier alpha value is 0.730. The van der Waals surface area contributed by atoms with Gasteiger partial charge >= 0.3 is 37.7 Å². The molecule has 0 aromatic carbocycles. The second-order valence-corrected chi connectivity index (χ2v) is 7.49. The molecule has 0 aliphatic heterocycles. The number of hydrogen-bond acceptors (Lipinski definition) is 2. The van der Waals surface area contributed by atoms with Crippen LogP contribution in [0.15, 0.2) is 0 Å². The monoisotopic (exact) mass is 379 g/mol. The van der Waals surface area contributed by atoms with Crippen molar-refractivity contribution in [3.05, 3.63) is 0 Å². The van der Waals surface area contributed by atoms with Crippen molar-refractivity contribution in [2.24, 2.45) is 0 Å². The van der Waals surface area contributed by atoms with Gasteiger partial charge in [0, 0.05) is 5.97 Å². The summed E-state index contributed by atoms with van der Waals surface area (Å²) < 4.78 is 0. The summed E-state index contributed by atoms with van der Waals surface area (Å²) in [6.07, 6.45) is 25.7. The van der Waals surface area contributed by atoms with E-state index in [4.69, 9.17) is 0 Å². The van der Waals surface area contributed by atoms with Gasteiger partial charge in [0.15, 0.2) is 0 Å². The predicted octanol–water partition coefficient (Wildman–Crippen LogP) is 6.18. The van der Waals surface area contributed by atoms with Crippen LogP contribution in [0.1, 0.15) is 135 Å². The van der Waals surface area contributed by atoms with Crippen LogP contribution in [0.5, 0.6) is 0 Å². The van der Waals surface area contributed by atoms with Crippen molar-refractivity contribution in [3.8, 4) is 0 Å². The molecule has 0 N–H and O–H groups in total. The maximum atomic E-state index is 10.3. The van der Waals surface area contributed by atoms with Crippen LogP contribution in [0.3, 0.4) is 0 Å². The van der Waals surface area contributed by atoms with Crippen LogP contribution in [0.25, 0.3) is 0 Å². The average molecular weight is 380 g/mol. The number of unbranched alkanes of at least 4 members (excludes halogenated alkanes) is 18. The fourth-order valence-corrected chi connectivity index (χ4v) is 3.35. The van der Waals surface area contributed by atoms with Gasteiger partial charge in [-0.2, -0.15) is 0 Å². The minimum absolute atomic E-state index is 0. The summed E-state index contributed by atoms with van der Waals surface area (Å²) in [6.45, 7) is 2.28. The molecule has 0 saturated carbocycles. The Bertz CT molecular complexity index is 256. The Kier molecular flexibility index (Phi) is 27.6. The summed E-state index contributed by atoms with van der Waals surface area (Å²) in [6, 6.07) is 0. The van der Waals surface area contributed by atoms with E-state index in [1.807, 2.05) is 0 Å². The maximum absolute atomic E-state index is 10.3. The molecule has 0 atom stereocenters. The van der Waals surface area contributed by atoms with E-state index in [0.29, 0.717) is 0 Å². The first-order chi connectivity index (χ1) is 11.8. The summed E-state index contributed by atoms with van der Waals surface area (Å²) in [5.41, 5.74) is 0. The molecule has 0 amide bonds. The summed E-state index contributed by atoms with van der Waals surface area (Å²) in [7, 11) is 0. The zero-order valence-electron chi connectivity index (χ0n) is 17.2. The first kappa shape index (κ1) is 27.9. The van der Waals surface area contributed by atoms with Crippen molar-refractivity contribution in [2.45, 2.75) is 135 Å². The first-order valence-corrected chi connectivity index (χ1v) is 11.0. The molecule has 0 aliphatic carbocycles. The quantitative estimate of drug-likeness (QED) is 0.187. The van der Waals surface area contributed by atoms with E-state index < -0.39 is 5.97 Å². The third-order valence-corrected chi connectivity index (χ3v) is 4.98. The number of carbonyl (C=O) groups is 1. The van der Waals surface area contributed by atoms with Crippen LogP contribution in [0.4, 0.5) is 0 Å². The molecule has 0 bridgehead atoms. The molecule has 0 spiro atoms. The van der Waals surface area contributed by atoms with E-state index in [9.17, 15) is 9.90 Å². The van der Waals surface area contributed by atoms with E-state index >= 15 is 0 Å². The van der Waals surface area contributed by atoms with Gasteiger partial charge in [0.05, 0.1) is 0 Å². The third kappa shape index (κ3) is 27.1. The molecular weight excluding hydrogens is 336 g/mol. The number of carboxylic acid groups (broad SMARTS) is 1. The van der Waals surface area contributed by atoms with Gasteiger partial charge in [0.2, 0.25) is 0 Å². The second kappa shape index (κ2) is 24.7. The van der Waals surface area contributed by atoms with Crippen molar-refractivity contribution in [1.82, 2.24) is 0 Å². The van der Waals surface area contributed by atoms with Gasteiger partial charge in [-0.3, -0.25) is 0 Å². The molecule has 0 heterocycles. The standard InChI is InChI=1S/C22H44O2.Ca/c1-2-3-4-5-6-7-8-9-10-11-12-13-14-15-16-17-18-19-20-21-22(23)24;/h2-21H2,1H3,(H,23,24);/q;+2/p-1. The van der Waals surface area contributed by atoms with E-state index in [2.05, 4.69) is 6.92 Å². The Morgan fingerprint density at radius 2 is 0.760 bits per heavy atom. The fraction of sp³-hybridized carbons (Fsp3) is 0.955. The van der Waals surface area contributed by atoms with Gasteiger partial charge in [-0.15, -0.1) is 0 Å². The van der Waals surface area contributed by atoms with Crippen LogP contribution in [-0.4, -0.2) is 43.7 Å². The Morgan fingerprint density at radius 1 is 0.520 bits per heavy atom. The van der Waals surface area contributed by atoms with Crippen molar-refractivity contribution in [3.63, 3.8) is 0 Å². The van der Waals surface area contributed by atoms with E-state index in [1.54, 1.807) is 0 Å². The summed E-state index contributed by atoms with van der Waals surface area (Å²) in [5.74, 6) is -0.901. The van der Waals surface area contributed by atoms with Crippen molar-refractivity contribution >= 4 is 43.7 Å². The molecule has 3 heteroatoms. The topological polar surface area (TPSA) is 40.1 Å². The van der Waals surface area contributed by atoms with Crippen LogP contribution in [0, 0.1) is 0 Å². The second-order valence-electron chi connectivity index (χ2n) is 7.49. The van der Waals surface area contributed by atoms with Crippen LogP contribution in [-0.2, 0) is 4.79 Å². The zero-order valence-corrected chi connectivity index (χ0v) is 19.4. The maximum Gasteiger partial charge on any atom is 2.00 e. The molecular formula is C22H43CaO2+. The van der Waals surface area contributed by atoms with Gasteiger partial charge in [0.1, 0.15) is 0 Å². The molecule has 0 saturated heterocycles. The van der Waals surface area contributed by atoms with E-state index in [0.717, 1.165) is 12.8 Å². The van der Waals surface area contributed by atoms with Crippen LogP contribution in [0.2, 0.25) is 0 Å². The number of aliphatic carboxylic acids is 1. The molecule has 144 valence electrons. The number of hydrogen-bond donors (Lipinski definition) is 0. The number of rotatable bonds is 20. The smallest absolute Gasteiger partial charge is 0.550 e. The molecule has 0 radical (unpaired) electrons. The van der Waals surface area contributed by atoms with E-state index in [-0.39, 0.29) is 44.2 Å². The summed E-state index contributed by atoms with van der Waals surface area (Å²) in [4.78, 5) is 10.3. The molecule has 0 aromatic rings. The van der Waals surface area contributed by atoms with Crippen molar-refractivity contribution in [2.75, 3.05) is 0 Å². The van der Waals surface area contributed by atoms with Crippen molar-refractivity contribution in [1.29, 1.82) is 0 Å². The van der Waals surface area contributed by atoms with Crippen LogP contribution < -0.4 is 5.11 Å². The normalized spacial score (nSPS) is 10.6. The largest absolute Gasteiger partial charge is 2.00 e. The van der Waals surface area contributed by atoms with Gasteiger partial charge in [0.25, 0.3) is 0 Å². The number of carbonyl (C=O) groups excluding carboxylic acids is 1. The molecule has 25 heavy (non-hydrogen) atoms. The average Bonchev–Trinajstić information content (AvgIpc) is 2.56. The van der Waals surface area contributed by atoms with Crippen LogP contribution >= 0.6 is 0 Å². The third-order valence-electron chi connectivity index (χ3n) is 4.98. The Morgan fingerprint density at radius 3 is 1.00 bits per heavy atom. The van der Waals surface area contributed by atoms with Crippen molar-refractivity contribution < 1.29 is 9.90 Å². The Balaban J connectivity index is 0. The zero-order chi connectivity index (χ0) is 17.7. The summed E-state index contributed by atoms with van der Waals surface area (Å²) in [5, 5.41) is 10.3. The fourth-order valence-electron chi connectivity index (χ4n) is 3.35. The molecule has 0 rings (SSSR count). The minimum atomic E-state index is -0.901. The number of carboxylic acids is 1.